The summed E-state index contributed by atoms with van der Waals surface area (Å²) in [5, 5.41) is 6.39. The highest BCUT2D eigenvalue weighted by Crippen LogP contribution is 2.08. The molecule has 6 nitrogen and oxygen atoms in total. The van der Waals surface area contributed by atoms with Crippen molar-refractivity contribution < 1.29 is 9.53 Å². The van der Waals surface area contributed by atoms with Gasteiger partial charge in [-0.05, 0) is 34.0 Å². The molecule has 21 heavy (non-hydrogen) atoms. The fourth-order valence-electron chi connectivity index (χ4n) is 1.36. The van der Waals surface area contributed by atoms with E-state index in [4.69, 9.17) is 4.74 Å². The largest absolute Gasteiger partial charge is 0.444 e. The van der Waals surface area contributed by atoms with Crippen molar-refractivity contribution in [3.8, 4) is 0 Å². The molecule has 1 amide bonds. The Morgan fingerprint density at radius 2 is 2.00 bits per heavy atom. The van der Waals surface area contributed by atoms with E-state index in [1.54, 1.807) is 23.7 Å². The lowest BCUT2D eigenvalue weighted by molar-refractivity contribution is 0.0302. The number of thioether (sulfide) groups is 1. The van der Waals surface area contributed by atoms with Crippen molar-refractivity contribution in [2.75, 3.05) is 45.2 Å². The molecule has 0 spiro atoms. The van der Waals surface area contributed by atoms with Crippen molar-refractivity contribution >= 4 is 23.8 Å². The van der Waals surface area contributed by atoms with E-state index in [-0.39, 0.29) is 6.09 Å². The van der Waals surface area contributed by atoms with Gasteiger partial charge in [-0.1, -0.05) is 0 Å². The van der Waals surface area contributed by atoms with Gasteiger partial charge in [0.15, 0.2) is 5.96 Å². The van der Waals surface area contributed by atoms with Crippen molar-refractivity contribution in [1.82, 2.24) is 15.5 Å². The summed E-state index contributed by atoms with van der Waals surface area (Å²) < 4.78 is 5.29. The number of hydrogen-bond donors (Lipinski definition) is 2. The second kappa shape index (κ2) is 10.6. The van der Waals surface area contributed by atoms with E-state index in [9.17, 15) is 4.79 Å². The Hall–Kier alpha value is -1.11. The van der Waals surface area contributed by atoms with Gasteiger partial charge in [0.1, 0.15) is 5.60 Å². The Balaban J connectivity index is 4.12. The molecule has 0 rings (SSSR count). The van der Waals surface area contributed by atoms with Crippen molar-refractivity contribution in [2.24, 2.45) is 4.99 Å². The average Bonchev–Trinajstić information content (AvgIpc) is 2.36. The van der Waals surface area contributed by atoms with Crippen molar-refractivity contribution in [2.45, 2.75) is 33.3 Å². The molecule has 0 fully saturated rings. The lowest BCUT2D eigenvalue weighted by Crippen LogP contribution is -2.43. The monoisotopic (exact) mass is 318 g/mol. The van der Waals surface area contributed by atoms with Crippen LogP contribution in [0.2, 0.25) is 0 Å². The van der Waals surface area contributed by atoms with Crippen LogP contribution in [0.1, 0.15) is 27.7 Å². The molecule has 0 aliphatic rings. The van der Waals surface area contributed by atoms with E-state index < -0.39 is 5.60 Å². The standard InChI is InChI=1S/C14H30N4O2S/c1-7-15-12(17-9-11-21-6)16-8-10-18(5)13(19)20-14(2,3)4/h7-11H2,1-6H3,(H2,15,16,17). The number of hydrogen-bond acceptors (Lipinski definition) is 4. The first-order valence-corrected chi connectivity index (χ1v) is 8.64. The van der Waals surface area contributed by atoms with Crippen LogP contribution in [0.25, 0.3) is 0 Å². The molecule has 0 aromatic rings. The summed E-state index contributed by atoms with van der Waals surface area (Å²) >= 11 is 1.77. The van der Waals surface area contributed by atoms with Gasteiger partial charge in [-0.2, -0.15) is 11.8 Å². The van der Waals surface area contributed by atoms with Gasteiger partial charge in [0.05, 0.1) is 6.54 Å². The first-order valence-electron chi connectivity index (χ1n) is 7.25. The van der Waals surface area contributed by atoms with E-state index in [0.29, 0.717) is 13.1 Å². The van der Waals surface area contributed by atoms with Crippen LogP contribution in [0, 0.1) is 0 Å². The zero-order chi connectivity index (χ0) is 16.3. The van der Waals surface area contributed by atoms with Crippen LogP contribution < -0.4 is 10.6 Å². The van der Waals surface area contributed by atoms with Gasteiger partial charge in [-0.25, -0.2) is 4.79 Å². The Kier molecular flexibility index (Phi) is 10.0. The third-order valence-corrected chi connectivity index (χ3v) is 2.95. The van der Waals surface area contributed by atoms with E-state index in [1.165, 1.54) is 0 Å². The van der Waals surface area contributed by atoms with Crippen LogP contribution in [-0.4, -0.2) is 67.8 Å². The SMILES string of the molecule is CCNC(=NCCSC)NCCN(C)C(=O)OC(C)(C)C. The van der Waals surface area contributed by atoms with Gasteiger partial charge in [0.25, 0.3) is 0 Å². The summed E-state index contributed by atoms with van der Waals surface area (Å²) in [6.07, 6.45) is 1.75. The summed E-state index contributed by atoms with van der Waals surface area (Å²) in [5.74, 6) is 1.78. The van der Waals surface area contributed by atoms with Gasteiger partial charge in [-0.15, -0.1) is 0 Å². The molecule has 0 aromatic heterocycles. The highest BCUT2D eigenvalue weighted by atomic mass is 32.2. The minimum absolute atomic E-state index is 0.311. The molecule has 0 radical (unpaired) electrons. The van der Waals surface area contributed by atoms with Crippen molar-refractivity contribution in [1.29, 1.82) is 0 Å². The second-order valence-corrected chi connectivity index (χ2v) is 6.57. The molecule has 0 aromatic carbocycles. The molecule has 0 unspecified atom stereocenters. The normalized spacial score (nSPS) is 12.0. The number of ether oxygens (including phenoxy) is 1. The zero-order valence-electron chi connectivity index (χ0n) is 14.2. The molecule has 0 aliphatic carbocycles. The average molecular weight is 318 g/mol. The third kappa shape index (κ3) is 11.2. The Labute approximate surface area is 133 Å². The smallest absolute Gasteiger partial charge is 0.410 e. The molecule has 2 N–H and O–H groups in total. The molecule has 0 heterocycles. The predicted octanol–water partition coefficient (Wildman–Crippen LogP) is 1.77. The van der Waals surface area contributed by atoms with Gasteiger partial charge in [-0.3, -0.25) is 4.99 Å². The topological polar surface area (TPSA) is 66.0 Å². The van der Waals surface area contributed by atoms with Gasteiger partial charge >= 0.3 is 6.09 Å². The van der Waals surface area contributed by atoms with Crippen LogP contribution in [0.4, 0.5) is 4.79 Å². The molecule has 124 valence electrons. The van der Waals surface area contributed by atoms with E-state index in [2.05, 4.69) is 21.9 Å². The Bertz CT molecular complexity index is 329. The van der Waals surface area contributed by atoms with Crippen molar-refractivity contribution in [3.05, 3.63) is 0 Å². The Morgan fingerprint density at radius 3 is 2.52 bits per heavy atom. The number of carbonyl (C=O) groups is 1. The number of aliphatic imine (C=N–C) groups is 1. The van der Waals surface area contributed by atoms with Crippen molar-refractivity contribution in [3.63, 3.8) is 0 Å². The highest BCUT2D eigenvalue weighted by Gasteiger charge is 2.19. The van der Waals surface area contributed by atoms with Crippen LogP contribution >= 0.6 is 11.8 Å². The van der Waals surface area contributed by atoms with E-state index in [1.807, 2.05) is 27.7 Å². The summed E-state index contributed by atoms with van der Waals surface area (Å²) in [6.45, 7) is 10.4. The molecular formula is C14H30N4O2S. The fraction of sp³-hybridized carbons (Fsp3) is 0.857. The number of carbonyl (C=O) groups excluding carboxylic acids is 1. The number of nitrogens with zero attached hydrogens (tertiary/aromatic N) is 2. The lowest BCUT2D eigenvalue weighted by Gasteiger charge is -2.24. The predicted molar refractivity (Wildman–Crippen MR) is 91.2 cm³/mol. The number of rotatable bonds is 7. The Morgan fingerprint density at radius 1 is 1.33 bits per heavy atom. The molecule has 7 heteroatoms. The summed E-state index contributed by atoms with van der Waals surface area (Å²) in [4.78, 5) is 17.8. The first-order chi connectivity index (χ1) is 9.80. The fourth-order valence-corrected chi connectivity index (χ4v) is 1.64. The van der Waals surface area contributed by atoms with Crippen LogP contribution in [0.3, 0.4) is 0 Å². The van der Waals surface area contributed by atoms with Crippen LogP contribution in [0.5, 0.6) is 0 Å². The summed E-state index contributed by atoms with van der Waals surface area (Å²) in [7, 11) is 1.73. The maximum atomic E-state index is 11.8. The summed E-state index contributed by atoms with van der Waals surface area (Å²) in [5.41, 5.74) is -0.465. The van der Waals surface area contributed by atoms with E-state index >= 15 is 0 Å². The minimum Gasteiger partial charge on any atom is -0.444 e. The maximum Gasteiger partial charge on any atom is 0.410 e. The number of guanidine groups is 1. The number of likely N-dealkylation sites (N-methyl/N-ethyl adjacent to an activating group) is 1. The van der Waals surface area contributed by atoms with Gasteiger partial charge < -0.3 is 20.3 Å². The lowest BCUT2D eigenvalue weighted by atomic mass is 10.2. The molecule has 0 saturated carbocycles. The number of amides is 1. The first kappa shape index (κ1) is 19.9. The minimum atomic E-state index is -0.465. The van der Waals surface area contributed by atoms with Crippen LogP contribution in [-0.2, 0) is 4.74 Å². The van der Waals surface area contributed by atoms with Gasteiger partial charge in [0.2, 0.25) is 0 Å². The maximum absolute atomic E-state index is 11.8. The highest BCUT2D eigenvalue weighted by molar-refractivity contribution is 7.98. The molecular weight excluding hydrogens is 288 g/mol. The van der Waals surface area contributed by atoms with Gasteiger partial charge in [0, 0.05) is 32.4 Å². The summed E-state index contributed by atoms with van der Waals surface area (Å²) in [6, 6.07) is 0. The quantitative estimate of drug-likeness (QED) is 0.425. The molecule has 0 aliphatic heterocycles. The molecule has 0 bridgehead atoms. The molecule has 0 atom stereocenters. The van der Waals surface area contributed by atoms with Crippen LogP contribution in [0.15, 0.2) is 4.99 Å². The zero-order valence-corrected chi connectivity index (χ0v) is 15.0. The number of nitrogens with one attached hydrogen (secondary N) is 2. The molecule has 0 saturated heterocycles. The van der Waals surface area contributed by atoms with E-state index in [0.717, 1.165) is 24.8 Å². The third-order valence-electron chi connectivity index (χ3n) is 2.35. The second-order valence-electron chi connectivity index (χ2n) is 5.58.